The van der Waals surface area contributed by atoms with Gasteiger partial charge in [-0.05, 0) is 6.42 Å². The lowest BCUT2D eigenvalue weighted by molar-refractivity contribution is 0.578. The van der Waals surface area contributed by atoms with E-state index < -0.39 is 20.8 Å². The van der Waals surface area contributed by atoms with E-state index in [4.69, 9.17) is 0 Å². The zero-order valence-corrected chi connectivity index (χ0v) is 10.8. The minimum Gasteiger partial charge on any atom is -0.284 e. The van der Waals surface area contributed by atoms with Gasteiger partial charge in [0, 0.05) is 35.0 Å². The largest absolute Gasteiger partial charge is 0.284 e. The summed E-state index contributed by atoms with van der Waals surface area (Å²) >= 11 is 0. The molecule has 1 rings (SSSR count). The Bertz CT molecular complexity index is 441. The molecule has 0 fully saturated rings. The molecule has 0 bridgehead atoms. The van der Waals surface area contributed by atoms with Gasteiger partial charge in [0.15, 0.2) is 0 Å². The quantitative estimate of drug-likeness (QED) is 0.748. The third kappa shape index (κ3) is 3.69. The lowest BCUT2D eigenvalue weighted by atomic mass is 10.3. The standard InChI is InChI=1S/C8H15N3O3S2/c1-7(15(2)12)3-4-11-16(13,14)8-5-9-10-6-8/h5-7,11H,3-4H2,1-2H3,(H,9,10). The van der Waals surface area contributed by atoms with Crippen molar-refractivity contribution in [2.24, 2.45) is 0 Å². The Hall–Kier alpha value is -0.730. The van der Waals surface area contributed by atoms with Gasteiger partial charge in [0.25, 0.3) is 0 Å². The lowest BCUT2D eigenvalue weighted by Gasteiger charge is -2.08. The van der Waals surface area contributed by atoms with Crippen LogP contribution in [0.3, 0.4) is 0 Å². The second kappa shape index (κ2) is 5.55. The van der Waals surface area contributed by atoms with E-state index in [9.17, 15) is 12.6 Å². The minimum atomic E-state index is -3.48. The molecule has 0 radical (unpaired) electrons. The van der Waals surface area contributed by atoms with Crippen LogP contribution < -0.4 is 4.72 Å². The number of hydrogen-bond acceptors (Lipinski definition) is 4. The predicted octanol–water partition coefficient (Wildman–Crippen LogP) is -0.155. The summed E-state index contributed by atoms with van der Waals surface area (Å²) in [5, 5.41) is 5.98. The maximum Gasteiger partial charge on any atom is 0.243 e. The molecule has 0 saturated carbocycles. The molecule has 0 spiro atoms. The number of nitrogens with zero attached hydrogens (tertiary/aromatic N) is 1. The Labute approximate surface area is 97.3 Å². The third-order valence-electron chi connectivity index (χ3n) is 2.19. The second-order valence-corrected chi connectivity index (χ2v) is 7.00. The average molecular weight is 265 g/mol. The maximum absolute atomic E-state index is 11.6. The zero-order chi connectivity index (χ0) is 12.2. The van der Waals surface area contributed by atoms with Gasteiger partial charge in [-0.2, -0.15) is 5.10 Å². The summed E-state index contributed by atoms with van der Waals surface area (Å²) in [7, 11) is -4.41. The van der Waals surface area contributed by atoms with Gasteiger partial charge in [0.1, 0.15) is 4.90 Å². The van der Waals surface area contributed by atoms with Gasteiger partial charge in [-0.25, -0.2) is 13.1 Å². The van der Waals surface area contributed by atoms with Gasteiger partial charge in [0.05, 0.1) is 6.20 Å². The van der Waals surface area contributed by atoms with E-state index in [-0.39, 0.29) is 16.7 Å². The van der Waals surface area contributed by atoms with E-state index in [2.05, 4.69) is 14.9 Å². The molecule has 0 saturated heterocycles. The zero-order valence-electron chi connectivity index (χ0n) is 9.13. The van der Waals surface area contributed by atoms with Crippen molar-refractivity contribution in [1.82, 2.24) is 14.9 Å². The lowest BCUT2D eigenvalue weighted by Crippen LogP contribution is -2.27. The summed E-state index contributed by atoms with van der Waals surface area (Å²) in [5.41, 5.74) is 0. The van der Waals surface area contributed by atoms with Gasteiger partial charge in [-0.3, -0.25) is 9.31 Å². The highest BCUT2D eigenvalue weighted by molar-refractivity contribution is 7.89. The molecule has 16 heavy (non-hydrogen) atoms. The highest BCUT2D eigenvalue weighted by atomic mass is 32.2. The molecule has 92 valence electrons. The van der Waals surface area contributed by atoms with E-state index in [0.29, 0.717) is 6.42 Å². The number of aromatic amines is 1. The molecule has 2 unspecified atom stereocenters. The van der Waals surface area contributed by atoms with E-state index in [0.717, 1.165) is 0 Å². The predicted molar refractivity (Wildman–Crippen MR) is 61.9 cm³/mol. The molecular weight excluding hydrogens is 250 g/mol. The SMILES string of the molecule is CC(CCNS(=O)(=O)c1cn[nH]c1)S(C)=O. The van der Waals surface area contributed by atoms with Crippen LogP contribution in [0.5, 0.6) is 0 Å². The summed E-state index contributed by atoms with van der Waals surface area (Å²) in [5.74, 6) is 0. The van der Waals surface area contributed by atoms with Crippen LogP contribution >= 0.6 is 0 Å². The molecule has 8 heteroatoms. The van der Waals surface area contributed by atoms with Crippen LogP contribution in [0.4, 0.5) is 0 Å². The molecule has 1 heterocycles. The molecule has 0 aliphatic heterocycles. The van der Waals surface area contributed by atoms with Gasteiger partial charge in [-0.15, -0.1) is 0 Å². The van der Waals surface area contributed by atoms with Gasteiger partial charge in [-0.1, -0.05) is 6.92 Å². The van der Waals surface area contributed by atoms with Crippen molar-refractivity contribution in [2.45, 2.75) is 23.5 Å². The number of aromatic nitrogens is 2. The molecule has 0 aliphatic rings. The fourth-order valence-electron chi connectivity index (χ4n) is 1.03. The molecule has 0 amide bonds. The number of sulfonamides is 1. The molecule has 6 nitrogen and oxygen atoms in total. The monoisotopic (exact) mass is 265 g/mol. The average Bonchev–Trinajstić information content (AvgIpc) is 2.70. The summed E-state index contributed by atoms with van der Waals surface area (Å²) in [6, 6.07) is 0. The van der Waals surface area contributed by atoms with Gasteiger partial charge >= 0.3 is 0 Å². The molecule has 1 aromatic rings. The van der Waals surface area contributed by atoms with Crippen LogP contribution in [-0.2, 0) is 20.8 Å². The summed E-state index contributed by atoms with van der Waals surface area (Å²) in [6.45, 7) is 2.09. The first-order chi connectivity index (χ1) is 7.43. The van der Waals surface area contributed by atoms with Crippen LogP contribution in [-0.4, -0.2) is 40.9 Å². The number of nitrogens with one attached hydrogen (secondary N) is 2. The Kier molecular flexibility index (Phi) is 4.63. The van der Waals surface area contributed by atoms with Crippen molar-refractivity contribution in [2.75, 3.05) is 12.8 Å². The Morgan fingerprint density at radius 2 is 2.31 bits per heavy atom. The second-order valence-electron chi connectivity index (χ2n) is 3.43. The number of H-pyrrole nitrogens is 1. The highest BCUT2D eigenvalue weighted by Crippen LogP contribution is 2.05. The summed E-state index contributed by atoms with van der Waals surface area (Å²) in [4.78, 5) is 0.109. The topological polar surface area (TPSA) is 91.9 Å². The van der Waals surface area contributed by atoms with Gasteiger partial charge in [0.2, 0.25) is 10.0 Å². The smallest absolute Gasteiger partial charge is 0.243 e. The van der Waals surface area contributed by atoms with Crippen LogP contribution in [0.1, 0.15) is 13.3 Å². The number of rotatable bonds is 6. The van der Waals surface area contributed by atoms with Crippen molar-refractivity contribution in [3.63, 3.8) is 0 Å². The van der Waals surface area contributed by atoms with E-state index in [1.54, 1.807) is 6.26 Å². The highest BCUT2D eigenvalue weighted by Gasteiger charge is 2.15. The molecule has 0 aromatic carbocycles. The fourth-order valence-corrected chi connectivity index (χ4v) is 2.43. The maximum atomic E-state index is 11.6. The molecular formula is C8H15N3O3S2. The van der Waals surface area contributed by atoms with Crippen molar-refractivity contribution in [1.29, 1.82) is 0 Å². The van der Waals surface area contributed by atoms with E-state index in [1.807, 2.05) is 6.92 Å². The van der Waals surface area contributed by atoms with Crippen molar-refractivity contribution >= 4 is 20.8 Å². The van der Waals surface area contributed by atoms with Gasteiger partial charge < -0.3 is 0 Å². The third-order valence-corrected chi connectivity index (χ3v) is 4.99. The van der Waals surface area contributed by atoms with Crippen LogP contribution in [0, 0.1) is 0 Å². The summed E-state index contributed by atoms with van der Waals surface area (Å²) in [6.07, 6.45) is 4.70. The van der Waals surface area contributed by atoms with E-state index >= 15 is 0 Å². The minimum absolute atomic E-state index is 0.0213. The Balaban J connectivity index is 2.47. The van der Waals surface area contributed by atoms with Crippen molar-refractivity contribution in [3.8, 4) is 0 Å². The fraction of sp³-hybridized carbons (Fsp3) is 0.625. The normalized spacial score (nSPS) is 15.9. The van der Waals surface area contributed by atoms with E-state index in [1.165, 1.54) is 12.4 Å². The molecule has 1 aromatic heterocycles. The molecule has 2 N–H and O–H groups in total. The van der Waals surface area contributed by atoms with Crippen molar-refractivity contribution in [3.05, 3.63) is 12.4 Å². The molecule has 0 aliphatic carbocycles. The Morgan fingerprint density at radius 1 is 1.62 bits per heavy atom. The van der Waals surface area contributed by atoms with Crippen LogP contribution in [0.2, 0.25) is 0 Å². The first-order valence-electron chi connectivity index (χ1n) is 4.74. The van der Waals surface area contributed by atoms with Crippen LogP contribution in [0.25, 0.3) is 0 Å². The first kappa shape index (κ1) is 13.3. The number of hydrogen-bond donors (Lipinski definition) is 2. The van der Waals surface area contributed by atoms with Crippen molar-refractivity contribution < 1.29 is 12.6 Å². The summed E-state index contributed by atoms with van der Waals surface area (Å²) < 4.78 is 36.7. The molecule has 2 atom stereocenters. The first-order valence-corrected chi connectivity index (χ1v) is 7.84. The Morgan fingerprint density at radius 3 is 2.81 bits per heavy atom. The van der Waals surface area contributed by atoms with Crippen LogP contribution in [0.15, 0.2) is 17.3 Å².